The van der Waals surface area contributed by atoms with Gasteiger partial charge in [-0.2, -0.15) is 0 Å². The van der Waals surface area contributed by atoms with Crippen molar-refractivity contribution in [2.45, 2.75) is 6.04 Å². The van der Waals surface area contributed by atoms with Gasteiger partial charge in [0.15, 0.2) is 11.5 Å². The Labute approximate surface area is 140 Å². The quantitative estimate of drug-likeness (QED) is 0.567. The summed E-state index contributed by atoms with van der Waals surface area (Å²) in [6.07, 6.45) is 0. The number of likely N-dealkylation sites (N-methyl/N-ethyl adjacent to an activating group) is 1. The average Bonchev–Trinajstić information content (AvgIpc) is 3.09. The number of hydrogen-bond donors (Lipinski definition) is 3. The Morgan fingerprint density at radius 2 is 1.92 bits per heavy atom. The zero-order valence-electron chi connectivity index (χ0n) is 13.6. The molecule has 3 N–H and O–H groups in total. The molecule has 0 saturated carbocycles. The molecule has 0 aliphatic carbocycles. The first kappa shape index (κ1) is 16.5. The van der Waals surface area contributed by atoms with Crippen LogP contribution in [0.4, 0.5) is 0 Å². The van der Waals surface area contributed by atoms with Crippen LogP contribution in [0.25, 0.3) is 0 Å². The van der Waals surface area contributed by atoms with E-state index < -0.39 is 11.8 Å². The topological polar surface area (TPSA) is 90.3 Å². The van der Waals surface area contributed by atoms with Crippen LogP contribution in [-0.2, 0) is 14.3 Å². The fraction of sp³-hybridized carbons (Fsp3) is 0.500. The lowest BCUT2D eigenvalue weighted by Gasteiger charge is -2.32. The number of carbonyl (C=O) groups excluding carboxylic acids is 2. The lowest BCUT2D eigenvalue weighted by Crippen LogP contribution is -3.15. The molecule has 1 aromatic carbocycles. The minimum Gasteiger partial charge on any atom is -0.454 e. The number of rotatable bonds is 4. The van der Waals surface area contributed by atoms with E-state index in [1.165, 1.54) is 11.9 Å². The van der Waals surface area contributed by atoms with Crippen LogP contribution in [0.2, 0.25) is 0 Å². The fourth-order valence-electron chi connectivity index (χ4n) is 3.00. The van der Waals surface area contributed by atoms with E-state index in [0.717, 1.165) is 24.4 Å². The molecule has 1 saturated heterocycles. The van der Waals surface area contributed by atoms with Gasteiger partial charge in [0.25, 0.3) is 0 Å². The van der Waals surface area contributed by atoms with Gasteiger partial charge in [-0.15, -0.1) is 0 Å². The van der Waals surface area contributed by atoms with Crippen LogP contribution in [0.5, 0.6) is 11.5 Å². The molecule has 8 heteroatoms. The van der Waals surface area contributed by atoms with Crippen LogP contribution in [0.3, 0.4) is 0 Å². The molecule has 3 rings (SSSR count). The summed E-state index contributed by atoms with van der Waals surface area (Å²) in [7, 11) is 1.43. The second-order valence-corrected chi connectivity index (χ2v) is 5.73. The van der Waals surface area contributed by atoms with Crippen molar-refractivity contribution in [1.82, 2.24) is 10.6 Å². The molecule has 2 heterocycles. The van der Waals surface area contributed by atoms with Crippen LogP contribution >= 0.6 is 0 Å². The van der Waals surface area contributed by atoms with Crippen LogP contribution in [-0.4, -0.2) is 58.5 Å². The van der Waals surface area contributed by atoms with E-state index in [9.17, 15) is 9.59 Å². The molecule has 1 aromatic rings. The summed E-state index contributed by atoms with van der Waals surface area (Å²) in [6.45, 7) is 3.63. The summed E-state index contributed by atoms with van der Waals surface area (Å²) in [5.74, 6) is 0.166. The zero-order chi connectivity index (χ0) is 16.9. The Bertz CT molecular complexity index is 616. The number of benzene rings is 1. The predicted octanol–water partition coefficient (Wildman–Crippen LogP) is -1.77. The van der Waals surface area contributed by atoms with Gasteiger partial charge in [-0.25, -0.2) is 0 Å². The molecule has 2 aliphatic rings. The van der Waals surface area contributed by atoms with Crippen molar-refractivity contribution in [2.24, 2.45) is 0 Å². The third kappa shape index (κ3) is 3.60. The molecule has 0 unspecified atom stereocenters. The Morgan fingerprint density at radius 3 is 2.67 bits per heavy atom. The highest BCUT2D eigenvalue weighted by atomic mass is 16.7. The van der Waals surface area contributed by atoms with Gasteiger partial charge in [0, 0.05) is 12.6 Å². The van der Waals surface area contributed by atoms with E-state index in [1.807, 2.05) is 18.2 Å². The summed E-state index contributed by atoms with van der Waals surface area (Å²) in [5, 5.41) is 5.04. The van der Waals surface area contributed by atoms with E-state index in [1.54, 1.807) is 0 Å². The molecule has 0 bridgehead atoms. The van der Waals surface area contributed by atoms with Crippen molar-refractivity contribution in [1.29, 1.82) is 0 Å². The first-order valence-electron chi connectivity index (χ1n) is 8.01. The van der Waals surface area contributed by atoms with Crippen molar-refractivity contribution < 1.29 is 28.7 Å². The predicted molar refractivity (Wildman–Crippen MR) is 83.9 cm³/mol. The van der Waals surface area contributed by atoms with Crippen molar-refractivity contribution in [2.75, 3.05) is 46.7 Å². The van der Waals surface area contributed by atoms with Gasteiger partial charge in [0.1, 0.15) is 19.1 Å². The first-order chi connectivity index (χ1) is 11.7. The number of nitrogens with one attached hydrogen (secondary N) is 3. The first-order valence-corrected chi connectivity index (χ1v) is 8.01. The second-order valence-electron chi connectivity index (χ2n) is 5.73. The molecule has 1 atom stereocenters. The van der Waals surface area contributed by atoms with Crippen molar-refractivity contribution >= 4 is 11.8 Å². The fourth-order valence-corrected chi connectivity index (χ4v) is 3.00. The van der Waals surface area contributed by atoms with E-state index >= 15 is 0 Å². The van der Waals surface area contributed by atoms with Gasteiger partial charge in [-0.3, -0.25) is 9.59 Å². The second kappa shape index (κ2) is 7.50. The average molecular weight is 336 g/mol. The van der Waals surface area contributed by atoms with E-state index in [2.05, 4.69) is 10.6 Å². The number of ether oxygens (including phenoxy) is 3. The molecule has 2 aliphatic heterocycles. The summed E-state index contributed by atoms with van der Waals surface area (Å²) < 4.78 is 16.2. The van der Waals surface area contributed by atoms with E-state index in [4.69, 9.17) is 14.2 Å². The number of carbonyl (C=O) groups is 2. The summed E-state index contributed by atoms with van der Waals surface area (Å²) in [6, 6.07) is 5.82. The van der Waals surface area contributed by atoms with Gasteiger partial charge >= 0.3 is 11.8 Å². The maximum Gasteiger partial charge on any atom is 0.309 e. The van der Waals surface area contributed by atoms with Crippen LogP contribution in [0.1, 0.15) is 11.6 Å². The highest BCUT2D eigenvalue weighted by Crippen LogP contribution is 2.33. The third-order valence-electron chi connectivity index (χ3n) is 4.33. The number of hydrogen-bond acceptors (Lipinski definition) is 5. The molecule has 130 valence electrons. The highest BCUT2D eigenvalue weighted by Gasteiger charge is 2.29. The molecular weight excluding hydrogens is 314 g/mol. The van der Waals surface area contributed by atoms with Gasteiger partial charge in [-0.05, 0) is 18.2 Å². The maximum atomic E-state index is 11.8. The summed E-state index contributed by atoms with van der Waals surface area (Å²) in [5.41, 5.74) is 1.04. The molecule has 0 radical (unpaired) electrons. The SMILES string of the molecule is CNC(=O)C(=O)NC[C@H](c1ccc2c(c1)OCO2)[NH+]1CCOCC1. The minimum atomic E-state index is -0.642. The summed E-state index contributed by atoms with van der Waals surface area (Å²) >= 11 is 0. The molecule has 0 aromatic heterocycles. The lowest BCUT2D eigenvalue weighted by atomic mass is 10.0. The third-order valence-corrected chi connectivity index (χ3v) is 4.33. The van der Waals surface area contributed by atoms with Gasteiger partial charge in [-0.1, -0.05) is 0 Å². The Balaban J connectivity index is 1.76. The highest BCUT2D eigenvalue weighted by molar-refractivity contribution is 6.35. The van der Waals surface area contributed by atoms with Gasteiger partial charge < -0.3 is 29.7 Å². The smallest absolute Gasteiger partial charge is 0.309 e. The molecule has 0 spiro atoms. The number of amides is 2. The van der Waals surface area contributed by atoms with Crippen LogP contribution in [0, 0.1) is 0 Å². The van der Waals surface area contributed by atoms with Crippen LogP contribution < -0.4 is 25.0 Å². The Kier molecular flexibility index (Phi) is 5.17. The number of fused-ring (bicyclic) bond motifs is 1. The van der Waals surface area contributed by atoms with Gasteiger partial charge in [0.2, 0.25) is 6.79 Å². The van der Waals surface area contributed by atoms with E-state index in [0.29, 0.717) is 25.5 Å². The molecule has 1 fully saturated rings. The molecular formula is C16H22N3O5+. The lowest BCUT2D eigenvalue weighted by molar-refractivity contribution is -0.937. The maximum absolute atomic E-state index is 11.8. The summed E-state index contributed by atoms with van der Waals surface area (Å²) in [4.78, 5) is 24.5. The van der Waals surface area contributed by atoms with Gasteiger partial charge in [0.05, 0.1) is 19.8 Å². The van der Waals surface area contributed by atoms with E-state index in [-0.39, 0.29) is 12.8 Å². The van der Waals surface area contributed by atoms with Crippen LogP contribution in [0.15, 0.2) is 18.2 Å². The minimum absolute atomic E-state index is 0.0111. The van der Waals surface area contributed by atoms with Crippen molar-refractivity contribution in [3.8, 4) is 11.5 Å². The normalized spacial score (nSPS) is 18.0. The monoisotopic (exact) mass is 336 g/mol. The largest absolute Gasteiger partial charge is 0.454 e. The molecule has 24 heavy (non-hydrogen) atoms. The molecule has 8 nitrogen and oxygen atoms in total. The molecule has 2 amide bonds. The van der Waals surface area contributed by atoms with Crippen molar-refractivity contribution in [3.63, 3.8) is 0 Å². The zero-order valence-corrected chi connectivity index (χ0v) is 13.6. The Morgan fingerprint density at radius 1 is 1.17 bits per heavy atom. The Hall–Kier alpha value is -2.32. The van der Waals surface area contributed by atoms with Crippen molar-refractivity contribution in [3.05, 3.63) is 23.8 Å². The number of morpholine rings is 1. The standard InChI is InChI=1S/C16H21N3O5/c1-17-15(20)16(21)18-9-12(19-4-6-22-7-5-19)11-2-3-13-14(8-11)24-10-23-13/h2-3,8,12H,4-7,9-10H2,1H3,(H,17,20)(H,18,21)/p+1/t12-/m1/s1. The number of quaternary nitrogens is 1.